The zero-order valence-electron chi connectivity index (χ0n) is 11.0. The molecule has 0 radical (unpaired) electrons. The zero-order valence-corrected chi connectivity index (χ0v) is 11.0. The number of rotatable bonds is 3. The number of anilines is 1. The first-order valence-corrected chi connectivity index (χ1v) is 6.74. The highest BCUT2D eigenvalue weighted by molar-refractivity contribution is 5.45. The van der Waals surface area contributed by atoms with Gasteiger partial charge in [0.25, 0.3) is 0 Å². The van der Waals surface area contributed by atoms with E-state index >= 15 is 0 Å². The Morgan fingerprint density at radius 3 is 2.74 bits per heavy atom. The third-order valence-electron chi connectivity index (χ3n) is 3.93. The maximum Gasteiger partial charge on any atom is 0.419 e. The van der Waals surface area contributed by atoms with E-state index in [1.807, 2.05) is 0 Å². The summed E-state index contributed by atoms with van der Waals surface area (Å²) in [5.41, 5.74) is -0.682. The topological polar surface area (TPSA) is 24.9 Å². The van der Waals surface area contributed by atoms with E-state index in [2.05, 4.69) is 17.2 Å². The molecule has 0 aliphatic heterocycles. The number of nitrogens with zero attached hydrogens (tertiary/aromatic N) is 1. The summed E-state index contributed by atoms with van der Waals surface area (Å²) in [6.07, 6.45) is 1.69. The van der Waals surface area contributed by atoms with Crippen LogP contribution in [0.15, 0.2) is 18.3 Å². The Balaban J connectivity index is 2.03. The van der Waals surface area contributed by atoms with Crippen molar-refractivity contribution in [2.45, 2.75) is 38.8 Å². The second kappa shape index (κ2) is 5.80. The first kappa shape index (κ1) is 14.2. The minimum Gasteiger partial charge on any atom is -0.369 e. The van der Waals surface area contributed by atoms with Crippen LogP contribution >= 0.6 is 0 Å². The average Bonchev–Trinajstić information content (AvgIpc) is 2.37. The fraction of sp³-hybridized carbons (Fsp3) is 0.643. The summed E-state index contributed by atoms with van der Waals surface area (Å²) in [5, 5.41) is 2.89. The Morgan fingerprint density at radius 2 is 2.05 bits per heavy atom. The normalized spacial score (nSPS) is 24.2. The molecule has 1 aromatic heterocycles. The van der Waals surface area contributed by atoms with E-state index < -0.39 is 11.7 Å². The van der Waals surface area contributed by atoms with E-state index in [1.54, 1.807) is 0 Å². The first-order valence-electron chi connectivity index (χ1n) is 6.74. The average molecular weight is 272 g/mol. The third-order valence-corrected chi connectivity index (χ3v) is 3.93. The van der Waals surface area contributed by atoms with Gasteiger partial charge in [-0.3, -0.25) is 0 Å². The van der Waals surface area contributed by atoms with E-state index in [9.17, 15) is 13.2 Å². The van der Waals surface area contributed by atoms with Crippen molar-refractivity contribution in [3.63, 3.8) is 0 Å². The van der Waals surface area contributed by atoms with Crippen LogP contribution in [-0.2, 0) is 6.18 Å². The van der Waals surface area contributed by atoms with Crippen molar-refractivity contribution < 1.29 is 13.2 Å². The van der Waals surface area contributed by atoms with Gasteiger partial charge in [-0.25, -0.2) is 4.98 Å². The number of hydrogen-bond acceptors (Lipinski definition) is 2. The number of hydrogen-bond donors (Lipinski definition) is 1. The van der Waals surface area contributed by atoms with Gasteiger partial charge in [0.05, 0.1) is 5.56 Å². The molecule has 1 N–H and O–H groups in total. The standard InChI is InChI=1S/C14H19F3N2/c1-10-5-2-3-6-11(10)9-19-13-12(14(15,16)17)7-4-8-18-13/h4,7-8,10-11H,2-3,5-6,9H2,1H3,(H,18,19). The lowest BCUT2D eigenvalue weighted by Crippen LogP contribution is -2.25. The van der Waals surface area contributed by atoms with Crippen LogP contribution in [0.3, 0.4) is 0 Å². The fourth-order valence-electron chi connectivity index (χ4n) is 2.70. The molecule has 106 valence electrons. The lowest BCUT2D eigenvalue weighted by molar-refractivity contribution is -0.137. The molecule has 0 bridgehead atoms. The van der Waals surface area contributed by atoms with Crippen LogP contribution in [0.2, 0.25) is 0 Å². The van der Waals surface area contributed by atoms with Crippen LogP contribution in [0, 0.1) is 11.8 Å². The van der Waals surface area contributed by atoms with Gasteiger partial charge >= 0.3 is 6.18 Å². The van der Waals surface area contributed by atoms with Crippen molar-refractivity contribution in [1.82, 2.24) is 4.98 Å². The number of halogens is 3. The lowest BCUT2D eigenvalue weighted by atomic mass is 9.80. The van der Waals surface area contributed by atoms with Gasteiger partial charge in [-0.2, -0.15) is 13.2 Å². The fourth-order valence-corrected chi connectivity index (χ4v) is 2.70. The third kappa shape index (κ3) is 3.61. The number of pyridine rings is 1. The Kier molecular flexibility index (Phi) is 4.32. The predicted octanol–water partition coefficient (Wildman–Crippen LogP) is 4.34. The van der Waals surface area contributed by atoms with Crippen molar-refractivity contribution in [3.8, 4) is 0 Å². The quantitative estimate of drug-likeness (QED) is 0.885. The summed E-state index contributed by atoms with van der Waals surface area (Å²) >= 11 is 0. The van der Waals surface area contributed by atoms with Crippen LogP contribution in [0.4, 0.5) is 19.0 Å². The molecule has 1 aromatic rings. The van der Waals surface area contributed by atoms with Crippen molar-refractivity contribution in [1.29, 1.82) is 0 Å². The van der Waals surface area contributed by atoms with Crippen molar-refractivity contribution >= 4 is 5.82 Å². The highest BCUT2D eigenvalue weighted by Gasteiger charge is 2.34. The van der Waals surface area contributed by atoms with Gasteiger partial charge in [0.1, 0.15) is 5.82 Å². The minimum absolute atomic E-state index is 0.0484. The van der Waals surface area contributed by atoms with Gasteiger partial charge in [0.2, 0.25) is 0 Å². The van der Waals surface area contributed by atoms with Gasteiger partial charge in [-0.05, 0) is 30.4 Å². The Bertz CT molecular complexity index is 417. The summed E-state index contributed by atoms with van der Waals surface area (Å²) < 4.78 is 38.4. The van der Waals surface area contributed by atoms with Crippen LogP contribution < -0.4 is 5.32 Å². The summed E-state index contributed by atoms with van der Waals surface area (Å²) in [5.74, 6) is 0.962. The Hall–Kier alpha value is -1.26. The van der Waals surface area contributed by atoms with Crippen molar-refractivity contribution in [2.75, 3.05) is 11.9 Å². The highest BCUT2D eigenvalue weighted by Crippen LogP contribution is 2.34. The molecule has 0 spiro atoms. The smallest absolute Gasteiger partial charge is 0.369 e. The molecule has 0 amide bonds. The Labute approximate surface area is 111 Å². The molecule has 2 unspecified atom stereocenters. The molecule has 0 aromatic carbocycles. The molecular weight excluding hydrogens is 253 g/mol. The molecule has 1 saturated carbocycles. The van der Waals surface area contributed by atoms with Crippen LogP contribution in [0.25, 0.3) is 0 Å². The summed E-state index contributed by atoms with van der Waals surface area (Å²) in [6.45, 7) is 2.75. The number of nitrogens with one attached hydrogen (secondary N) is 1. The maximum atomic E-state index is 12.8. The van der Waals surface area contributed by atoms with Crippen LogP contribution in [0.1, 0.15) is 38.2 Å². The van der Waals surface area contributed by atoms with Gasteiger partial charge in [-0.1, -0.05) is 26.2 Å². The molecule has 0 saturated heterocycles. The first-order chi connectivity index (χ1) is 8.98. The molecule has 1 fully saturated rings. The number of aromatic nitrogens is 1. The van der Waals surface area contributed by atoms with E-state index in [-0.39, 0.29) is 5.82 Å². The molecule has 5 heteroatoms. The van der Waals surface area contributed by atoms with E-state index in [1.165, 1.54) is 31.5 Å². The van der Waals surface area contributed by atoms with Gasteiger partial charge < -0.3 is 5.32 Å². The largest absolute Gasteiger partial charge is 0.419 e. The molecule has 2 rings (SSSR count). The Morgan fingerprint density at radius 1 is 1.32 bits per heavy atom. The second-order valence-electron chi connectivity index (χ2n) is 5.30. The van der Waals surface area contributed by atoms with Gasteiger partial charge in [-0.15, -0.1) is 0 Å². The van der Waals surface area contributed by atoms with E-state index in [0.717, 1.165) is 12.5 Å². The van der Waals surface area contributed by atoms with Gasteiger partial charge in [0, 0.05) is 12.7 Å². The lowest BCUT2D eigenvalue weighted by Gasteiger charge is -2.29. The molecule has 1 aliphatic carbocycles. The molecule has 2 nitrogen and oxygen atoms in total. The number of alkyl halides is 3. The van der Waals surface area contributed by atoms with Gasteiger partial charge in [0.15, 0.2) is 0 Å². The summed E-state index contributed by atoms with van der Waals surface area (Å²) in [6, 6.07) is 2.39. The van der Waals surface area contributed by atoms with E-state index in [0.29, 0.717) is 18.4 Å². The molecule has 2 atom stereocenters. The zero-order chi connectivity index (χ0) is 13.9. The van der Waals surface area contributed by atoms with Crippen LogP contribution in [0.5, 0.6) is 0 Å². The molecular formula is C14H19F3N2. The highest BCUT2D eigenvalue weighted by atomic mass is 19.4. The predicted molar refractivity (Wildman–Crippen MR) is 68.9 cm³/mol. The van der Waals surface area contributed by atoms with Crippen molar-refractivity contribution in [2.24, 2.45) is 11.8 Å². The molecule has 19 heavy (non-hydrogen) atoms. The maximum absolute atomic E-state index is 12.8. The molecule has 1 heterocycles. The summed E-state index contributed by atoms with van der Waals surface area (Å²) in [4.78, 5) is 3.82. The van der Waals surface area contributed by atoms with Crippen LogP contribution in [-0.4, -0.2) is 11.5 Å². The minimum atomic E-state index is -4.35. The van der Waals surface area contributed by atoms with E-state index in [4.69, 9.17) is 0 Å². The SMILES string of the molecule is CC1CCCCC1CNc1ncccc1C(F)(F)F. The summed E-state index contributed by atoms with van der Waals surface area (Å²) in [7, 11) is 0. The molecule has 1 aliphatic rings. The van der Waals surface area contributed by atoms with Crippen molar-refractivity contribution in [3.05, 3.63) is 23.9 Å². The monoisotopic (exact) mass is 272 g/mol. The second-order valence-corrected chi connectivity index (χ2v) is 5.30.